The van der Waals surface area contributed by atoms with Gasteiger partial charge in [-0.3, -0.25) is 4.79 Å². The molecule has 0 radical (unpaired) electrons. The molecule has 1 amide bonds. The van der Waals surface area contributed by atoms with Gasteiger partial charge in [0, 0.05) is 11.6 Å². The van der Waals surface area contributed by atoms with Gasteiger partial charge in [0.15, 0.2) is 0 Å². The Balaban J connectivity index is 1.90. The summed E-state index contributed by atoms with van der Waals surface area (Å²) < 4.78 is 0. The molecule has 0 spiro atoms. The summed E-state index contributed by atoms with van der Waals surface area (Å²) in [5.41, 5.74) is 6.27. The standard InChI is InChI=1S/C12H15ClN2O/c13-10-4-1-3-9(7-10)8-15-11(16)12(14)5-2-6-12/h1,3-4,7H,2,5-6,8,14H2,(H,15,16). The molecule has 1 aliphatic carbocycles. The maximum atomic E-state index is 11.7. The van der Waals surface area contributed by atoms with Gasteiger partial charge in [-0.05, 0) is 37.0 Å². The van der Waals surface area contributed by atoms with Crippen molar-refractivity contribution in [1.29, 1.82) is 0 Å². The van der Waals surface area contributed by atoms with Crippen LogP contribution in [0, 0.1) is 0 Å². The molecular formula is C12H15ClN2O. The number of amides is 1. The number of hydrogen-bond acceptors (Lipinski definition) is 2. The molecule has 0 aromatic heterocycles. The van der Waals surface area contributed by atoms with Crippen LogP contribution in [-0.2, 0) is 11.3 Å². The van der Waals surface area contributed by atoms with Gasteiger partial charge in [-0.15, -0.1) is 0 Å². The number of rotatable bonds is 3. The van der Waals surface area contributed by atoms with Crippen LogP contribution in [0.2, 0.25) is 5.02 Å². The van der Waals surface area contributed by atoms with Crippen LogP contribution in [0.25, 0.3) is 0 Å². The van der Waals surface area contributed by atoms with Gasteiger partial charge in [0.05, 0.1) is 5.54 Å². The highest BCUT2D eigenvalue weighted by atomic mass is 35.5. The van der Waals surface area contributed by atoms with Crippen LogP contribution in [-0.4, -0.2) is 11.4 Å². The van der Waals surface area contributed by atoms with Gasteiger partial charge in [-0.25, -0.2) is 0 Å². The second-order valence-corrected chi connectivity index (χ2v) is 4.76. The maximum Gasteiger partial charge on any atom is 0.240 e. The van der Waals surface area contributed by atoms with Crippen LogP contribution in [0.4, 0.5) is 0 Å². The van der Waals surface area contributed by atoms with Crippen molar-refractivity contribution in [1.82, 2.24) is 5.32 Å². The van der Waals surface area contributed by atoms with Gasteiger partial charge < -0.3 is 11.1 Å². The second-order valence-electron chi connectivity index (χ2n) is 4.32. The quantitative estimate of drug-likeness (QED) is 0.844. The Morgan fingerprint density at radius 2 is 2.25 bits per heavy atom. The van der Waals surface area contributed by atoms with E-state index < -0.39 is 5.54 Å². The zero-order chi connectivity index (χ0) is 11.6. The Bertz CT molecular complexity index is 402. The molecule has 0 atom stereocenters. The first kappa shape index (κ1) is 11.4. The topological polar surface area (TPSA) is 55.1 Å². The fourth-order valence-electron chi connectivity index (χ4n) is 1.79. The summed E-state index contributed by atoms with van der Waals surface area (Å²) in [7, 11) is 0. The van der Waals surface area contributed by atoms with E-state index in [0.717, 1.165) is 24.8 Å². The van der Waals surface area contributed by atoms with E-state index in [1.54, 1.807) is 0 Å². The van der Waals surface area contributed by atoms with Gasteiger partial charge in [-0.1, -0.05) is 23.7 Å². The number of halogens is 1. The van der Waals surface area contributed by atoms with Crippen molar-refractivity contribution in [3.8, 4) is 0 Å². The van der Waals surface area contributed by atoms with Crippen molar-refractivity contribution in [2.75, 3.05) is 0 Å². The molecular weight excluding hydrogens is 224 g/mol. The first-order chi connectivity index (χ1) is 7.60. The lowest BCUT2D eigenvalue weighted by molar-refractivity contribution is -0.129. The number of carbonyl (C=O) groups excluding carboxylic acids is 1. The van der Waals surface area contributed by atoms with Crippen LogP contribution < -0.4 is 11.1 Å². The Morgan fingerprint density at radius 3 is 2.81 bits per heavy atom. The predicted octanol–water partition coefficient (Wildman–Crippen LogP) is 1.84. The summed E-state index contributed by atoms with van der Waals surface area (Å²) in [6.45, 7) is 0.484. The molecule has 1 saturated carbocycles. The Kier molecular flexibility index (Phi) is 3.17. The molecule has 1 aromatic carbocycles. The first-order valence-electron chi connectivity index (χ1n) is 5.42. The lowest BCUT2D eigenvalue weighted by Crippen LogP contribution is -2.58. The zero-order valence-corrected chi connectivity index (χ0v) is 9.76. The summed E-state index contributed by atoms with van der Waals surface area (Å²) in [4.78, 5) is 11.7. The molecule has 3 N–H and O–H groups in total. The summed E-state index contributed by atoms with van der Waals surface area (Å²) >= 11 is 5.85. The maximum absolute atomic E-state index is 11.7. The highest BCUT2D eigenvalue weighted by Gasteiger charge is 2.39. The molecule has 0 saturated heterocycles. The minimum absolute atomic E-state index is 0.0567. The van der Waals surface area contributed by atoms with Crippen molar-refractivity contribution in [3.05, 3.63) is 34.9 Å². The average molecular weight is 239 g/mol. The Morgan fingerprint density at radius 1 is 1.50 bits per heavy atom. The largest absolute Gasteiger partial charge is 0.350 e. The fraction of sp³-hybridized carbons (Fsp3) is 0.417. The average Bonchev–Trinajstić information content (AvgIpc) is 2.22. The molecule has 0 aliphatic heterocycles. The van der Waals surface area contributed by atoms with E-state index in [0.29, 0.717) is 11.6 Å². The smallest absolute Gasteiger partial charge is 0.240 e. The third-order valence-corrected chi connectivity index (χ3v) is 3.28. The van der Waals surface area contributed by atoms with E-state index >= 15 is 0 Å². The van der Waals surface area contributed by atoms with Crippen molar-refractivity contribution >= 4 is 17.5 Å². The minimum Gasteiger partial charge on any atom is -0.350 e. The molecule has 0 bridgehead atoms. The van der Waals surface area contributed by atoms with Crippen LogP contribution >= 0.6 is 11.6 Å². The van der Waals surface area contributed by atoms with Gasteiger partial charge in [0.1, 0.15) is 0 Å². The highest BCUT2D eigenvalue weighted by Crippen LogP contribution is 2.29. The Labute approximate surface area is 100.0 Å². The van der Waals surface area contributed by atoms with Crippen molar-refractivity contribution in [3.63, 3.8) is 0 Å². The first-order valence-corrected chi connectivity index (χ1v) is 5.80. The van der Waals surface area contributed by atoms with E-state index in [9.17, 15) is 4.79 Å². The number of nitrogens with one attached hydrogen (secondary N) is 1. The summed E-state index contributed by atoms with van der Waals surface area (Å²) in [5.74, 6) is -0.0567. The van der Waals surface area contributed by atoms with E-state index in [1.165, 1.54) is 0 Å². The SMILES string of the molecule is NC1(C(=O)NCc2cccc(Cl)c2)CCC1. The summed E-state index contributed by atoms with van der Waals surface area (Å²) in [6.07, 6.45) is 2.61. The molecule has 4 heteroatoms. The molecule has 1 aromatic rings. The van der Waals surface area contributed by atoms with Gasteiger partial charge >= 0.3 is 0 Å². The number of hydrogen-bond donors (Lipinski definition) is 2. The van der Waals surface area contributed by atoms with E-state index in [2.05, 4.69) is 5.32 Å². The van der Waals surface area contributed by atoms with Crippen molar-refractivity contribution in [2.45, 2.75) is 31.3 Å². The van der Waals surface area contributed by atoms with E-state index in [-0.39, 0.29) is 5.91 Å². The molecule has 1 fully saturated rings. The third kappa shape index (κ3) is 2.36. The molecule has 2 rings (SSSR count). The summed E-state index contributed by atoms with van der Waals surface area (Å²) in [5, 5.41) is 3.52. The monoisotopic (exact) mass is 238 g/mol. The number of nitrogens with two attached hydrogens (primary N) is 1. The van der Waals surface area contributed by atoms with Gasteiger partial charge in [0.2, 0.25) is 5.91 Å². The lowest BCUT2D eigenvalue weighted by Gasteiger charge is -2.36. The minimum atomic E-state index is -0.626. The van der Waals surface area contributed by atoms with Crippen molar-refractivity contribution in [2.24, 2.45) is 5.73 Å². The fourth-order valence-corrected chi connectivity index (χ4v) is 2.00. The second kappa shape index (κ2) is 4.44. The normalized spacial score (nSPS) is 17.6. The molecule has 1 aliphatic rings. The predicted molar refractivity (Wildman–Crippen MR) is 64.1 cm³/mol. The third-order valence-electron chi connectivity index (χ3n) is 3.04. The highest BCUT2D eigenvalue weighted by molar-refractivity contribution is 6.30. The van der Waals surface area contributed by atoms with E-state index in [4.69, 9.17) is 17.3 Å². The molecule has 0 unspecified atom stereocenters. The van der Waals surface area contributed by atoms with Crippen molar-refractivity contribution < 1.29 is 4.79 Å². The van der Waals surface area contributed by atoms with Gasteiger partial charge in [0.25, 0.3) is 0 Å². The van der Waals surface area contributed by atoms with Crippen LogP contribution in [0.3, 0.4) is 0 Å². The molecule has 3 nitrogen and oxygen atoms in total. The molecule has 86 valence electrons. The van der Waals surface area contributed by atoms with Crippen LogP contribution in [0.5, 0.6) is 0 Å². The molecule has 0 heterocycles. The summed E-state index contributed by atoms with van der Waals surface area (Å²) in [6, 6.07) is 7.44. The van der Waals surface area contributed by atoms with E-state index in [1.807, 2.05) is 24.3 Å². The number of benzene rings is 1. The molecule has 16 heavy (non-hydrogen) atoms. The zero-order valence-electron chi connectivity index (χ0n) is 9.00. The number of carbonyl (C=O) groups is 1. The Hall–Kier alpha value is -1.06. The van der Waals surface area contributed by atoms with Crippen LogP contribution in [0.15, 0.2) is 24.3 Å². The van der Waals surface area contributed by atoms with Gasteiger partial charge in [-0.2, -0.15) is 0 Å². The van der Waals surface area contributed by atoms with Crippen LogP contribution in [0.1, 0.15) is 24.8 Å². The lowest BCUT2D eigenvalue weighted by atomic mass is 9.77.